The first-order valence-electron chi connectivity index (χ1n) is 6.82. The van der Waals surface area contributed by atoms with Crippen LogP contribution < -0.4 is 10.5 Å². The van der Waals surface area contributed by atoms with E-state index in [1.807, 2.05) is 13.0 Å². The lowest BCUT2D eigenvalue weighted by Crippen LogP contribution is -2.04. The van der Waals surface area contributed by atoms with Gasteiger partial charge in [-0.1, -0.05) is 42.5 Å². The molecule has 0 amide bonds. The van der Waals surface area contributed by atoms with Crippen LogP contribution in [0.4, 0.5) is 0 Å². The van der Waals surface area contributed by atoms with Gasteiger partial charge in [-0.2, -0.15) is 0 Å². The second-order valence-corrected chi connectivity index (χ2v) is 4.58. The summed E-state index contributed by atoms with van der Waals surface area (Å²) in [5.41, 5.74) is 9.44. The van der Waals surface area contributed by atoms with Crippen LogP contribution in [0.2, 0.25) is 0 Å². The van der Waals surface area contributed by atoms with Crippen LogP contribution in [0.5, 0.6) is 5.75 Å². The normalized spacial score (nSPS) is 10.4. The molecule has 2 rings (SSSR count). The van der Waals surface area contributed by atoms with E-state index in [-0.39, 0.29) is 0 Å². The number of rotatable bonds is 6. The molecule has 2 nitrogen and oxygen atoms in total. The molecule has 0 aliphatic carbocycles. The monoisotopic (exact) mass is 255 g/mol. The standard InChI is InChI=1S/C17H21NO/c1-2-19-17-9-8-15(10-11-18)13-16(17)12-14-6-4-3-5-7-14/h3-9,13H,2,10-12,18H2,1H3. The summed E-state index contributed by atoms with van der Waals surface area (Å²) in [7, 11) is 0. The number of hydrogen-bond acceptors (Lipinski definition) is 2. The maximum absolute atomic E-state index is 5.71. The molecular formula is C17H21NO. The minimum atomic E-state index is 0.679. The number of hydrogen-bond donors (Lipinski definition) is 1. The van der Waals surface area contributed by atoms with Crippen LogP contribution in [0.3, 0.4) is 0 Å². The van der Waals surface area contributed by atoms with Gasteiger partial charge in [0.2, 0.25) is 0 Å². The third-order valence-electron chi connectivity index (χ3n) is 3.10. The predicted molar refractivity (Wildman–Crippen MR) is 79.6 cm³/mol. The molecule has 0 aliphatic heterocycles. The van der Waals surface area contributed by atoms with Gasteiger partial charge in [0.05, 0.1) is 6.61 Å². The van der Waals surface area contributed by atoms with Crippen LogP contribution >= 0.6 is 0 Å². The SMILES string of the molecule is CCOc1ccc(CCN)cc1Cc1ccccc1. The first kappa shape index (κ1) is 13.6. The van der Waals surface area contributed by atoms with Gasteiger partial charge in [-0.25, -0.2) is 0 Å². The van der Waals surface area contributed by atoms with Crippen molar-refractivity contribution in [3.63, 3.8) is 0 Å². The lowest BCUT2D eigenvalue weighted by molar-refractivity contribution is 0.337. The predicted octanol–water partition coefficient (Wildman–Crippen LogP) is 3.18. The van der Waals surface area contributed by atoms with Crippen LogP contribution in [0.15, 0.2) is 48.5 Å². The first-order chi connectivity index (χ1) is 9.33. The molecule has 0 aliphatic rings. The zero-order valence-corrected chi connectivity index (χ0v) is 11.4. The van der Waals surface area contributed by atoms with Gasteiger partial charge in [0, 0.05) is 6.42 Å². The van der Waals surface area contributed by atoms with Gasteiger partial charge >= 0.3 is 0 Å². The Bertz CT molecular complexity index is 508. The van der Waals surface area contributed by atoms with E-state index in [1.165, 1.54) is 16.7 Å². The lowest BCUT2D eigenvalue weighted by Gasteiger charge is -2.12. The average Bonchev–Trinajstić information content (AvgIpc) is 2.43. The largest absolute Gasteiger partial charge is 0.494 e. The summed E-state index contributed by atoms with van der Waals surface area (Å²) >= 11 is 0. The summed E-state index contributed by atoms with van der Waals surface area (Å²) in [4.78, 5) is 0. The highest BCUT2D eigenvalue weighted by Crippen LogP contribution is 2.23. The van der Waals surface area contributed by atoms with Crippen molar-refractivity contribution < 1.29 is 4.74 Å². The van der Waals surface area contributed by atoms with Crippen LogP contribution in [-0.4, -0.2) is 13.2 Å². The Kier molecular flexibility index (Phi) is 4.99. The van der Waals surface area contributed by atoms with E-state index in [2.05, 4.69) is 42.5 Å². The van der Waals surface area contributed by atoms with E-state index in [0.717, 1.165) is 18.6 Å². The molecule has 0 heterocycles. The minimum Gasteiger partial charge on any atom is -0.494 e. The molecule has 0 spiro atoms. The van der Waals surface area contributed by atoms with Gasteiger partial charge in [0.15, 0.2) is 0 Å². The quantitative estimate of drug-likeness (QED) is 0.860. The van der Waals surface area contributed by atoms with Gasteiger partial charge < -0.3 is 10.5 Å². The van der Waals surface area contributed by atoms with Crippen molar-refractivity contribution in [1.82, 2.24) is 0 Å². The fourth-order valence-corrected chi connectivity index (χ4v) is 2.21. The first-order valence-corrected chi connectivity index (χ1v) is 6.82. The third kappa shape index (κ3) is 3.83. The summed E-state index contributed by atoms with van der Waals surface area (Å²) < 4.78 is 5.71. The Morgan fingerprint density at radius 2 is 1.79 bits per heavy atom. The summed E-state index contributed by atoms with van der Waals surface area (Å²) in [6.45, 7) is 3.39. The molecule has 0 atom stereocenters. The number of ether oxygens (including phenoxy) is 1. The Hall–Kier alpha value is -1.80. The van der Waals surface area contributed by atoms with Gasteiger partial charge in [-0.05, 0) is 42.6 Å². The maximum atomic E-state index is 5.71. The highest BCUT2D eigenvalue weighted by Gasteiger charge is 2.06. The summed E-state index contributed by atoms with van der Waals surface area (Å²) in [5.74, 6) is 0.979. The molecule has 19 heavy (non-hydrogen) atoms. The van der Waals surface area contributed by atoms with E-state index in [4.69, 9.17) is 10.5 Å². The summed E-state index contributed by atoms with van der Waals surface area (Å²) in [6, 6.07) is 16.8. The fraction of sp³-hybridized carbons (Fsp3) is 0.294. The van der Waals surface area contributed by atoms with Crippen LogP contribution in [0.25, 0.3) is 0 Å². The number of nitrogens with two attached hydrogens (primary N) is 1. The van der Waals surface area contributed by atoms with E-state index in [0.29, 0.717) is 13.2 Å². The molecule has 0 bridgehead atoms. The molecule has 100 valence electrons. The van der Waals surface area contributed by atoms with Crippen molar-refractivity contribution in [2.75, 3.05) is 13.2 Å². The molecule has 0 aromatic heterocycles. The summed E-state index contributed by atoms with van der Waals surface area (Å²) in [5, 5.41) is 0. The van der Waals surface area contributed by atoms with E-state index >= 15 is 0 Å². The smallest absolute Gasteiger partial charge is 0.122 e. The molecule has 0 unspecified atom stereocenters. The zero-order valence-electron chi connectivity index (χ0n) is 11.4. The van der Waals surface area contributed by atoms with Crippen LogP contribution in [0.1, 0.15) is 23.6 Å². The average molecular weight is 255 g/mol. The van der Waals surface area contributed by atoms with Gasteiger partial charge in [0.1, 0.15) is 5.75 Å². The summed E-state index contributed by atoms with van der Waals surface area (Å²) in [6.07, 6.45) is 1.81. The van der Waals surface area contributed by atoms with Crippen molar-refractivity contribution >= 4 is 0 Å². The van der Waals surface area contributed by atoms with Gasteiger partial charge in [0.25, 0.3) is 0 Å². The van der Waals surface area contributed by atoms with Gasteiger partial charge in [-0.3, -0.25) is 0 Å². The molecule has 0 saturated heterocycles. The second-order valence-electron chi connectivity index (χ2n) is 4.58. The van der Waals surface area contributed by atoms with Crippen molar-refractivity contribution in [2.24, 2.45) is 5.73 Å². The molecule has 2 N–H and O–H groups in total. The maximum Gasteiger partial charge on any atom is 0.122 e. The molecule has 0 saturated carbocycles. The minimum absolute atomic E-state index is 0.679. The Balaban J connectivity index is 2.26. The molecule has 2 heteroatoms. The topological polar surface area (TPSA) is 35.2 Å². The zero-order chi connectivity index (χ0) is 13.5. The Morgan fingerprint density at radius 1 is 1.00 bits per heavy atom. The highest BCUT2D eigenvalue weighted by molar-refractivity contribution is 5.40. The van der Waals surface area contributed by atoms with Crippen LogP contribution in [0, 0.1) is 0 Å². The van der Waals surface area contributed by atoms with Crippen molar-refractivity contribution in [3.8, 4) is 5.75 Å². The molecular weight excluding hydrogens is 234 g/mol. The van der Waals surface area contributed by atoms with Crippen LogP contribution in [-0.2, 0) is 12.8 Å². The molecule has 2 aromatic rings. The third-order valence-corrected chi connectivity index (χ3v) is 3.10. The van der Waals surface area contributed by atoms with E-state index in [1.54, 1.807) is 0 Å². The lowest BCUT2D eigenvalue weighted by atomic mass is 10.0. The number of benzene rings is 2. The highest BCUT2D eigenvalue weighted by atomic mass is 16.5. The Morgan fingerprint density at radius 3 is 2.47 bits per heavy atom. The van der Waals surface area contributed by atoms with Gasteiger partial charge in [-0.15, -0.1) is 0 Å². The van der Waals surface area contributed by atoms with E-state index < -0.39 is 0 Å². The Labute approximate surface area is 115 Å². The van der Waals surface area contributed by atoms with Crippen molar-refractivity contribution in [1.29, 1.82) is 0 Å². The molecule has 2 aromatic carbocycles. The second kappa shape index (κ2) is 6.95. The molecule has 0 radical (unpaired) electrons. The van der Waals surface area contributed by atoms with Crippen molar-refractivity contribution in [3.05, 3.63) is 65.2 Å². The molecule has 0 fully saturated rings. The fourth-order valence-electron chi connectivity index (χ4n) is 2.21. The van der Waals surface area contributed by atoms with E-state index in [9.17, 15) is 0 Å². The van der Waals surface area contributed by atoms with Crippen molar-refractivity contribution in [2.45, 2.75) is 19.8 Å².